The number of morpholine rings is 1. The van der Waals surface area contributed by atoms with E-state index in [1.165, 1.54) is 0 Å². The Morgan fingerprint density at radius 1 is 1.03 bits per heavy atom. The molecule has 7 heteroatoms. The molecule has 0 saturated carbocycles. The molecule has 0 unspecified atom stereocenters. The van der Waals surface area contributed by atoms with E-state index in [0.717, 1.165) is 11.3 Å². The molecule has 0 bridgehead atoms. The number of amides is 1. The number of carbonyl (C=O) groups is 1. The fourth-order valence-electron chi connectivity index (χ4n) is 3.15. The number of benzene rings is 2. The summed E-state index contributed by atoms with van der Waals surface area (Å²) in [6.07, 6.45) is 0. The number of anilines is 2. The van der Waals surface area contributed by atoms with Crippen LogP contribution in [-0.4, -0.2) is 54.2 Å². The molecule has 29 heavy (non-hydrogen) atoms. The Kier molecular flexibility index (Phi) is 5.67. The zero-order valence-electron chi connectivity index (χ0n) is 16.2. The average molecular weight is 390 g/mol. The third kappa shape index (κ3) is 4.35. The Bertz CT molecular complexity index is 988. The molecule has 2 heterocycles. The number of ether oxygens (including phenoxy) is 2. The van der Waals surface area contributed by atoms with Gasteiger partial charge in [0.05, 0.1) is 26.0 Å². The third-order valence-electron chi connectivity index (χ3n) is 4.65. The van der Waals surface area contributed by atoms with Gasteiger partial charge in [0.25, 0.3) is 5.91 Å². The zero-order chi connectivity index (χ0) is 20.1. The van der Waals surface area contributed by atoms with Crippen LogP contribution in [0.2, 0.25) is 0 Å². The second-order valence-corrected chi connectivity index (χ2v) is 6.56. The first-order valence-corrected chi connectivity index (χ1v) is 9.46. The van der Waals surface area contributed by atoms with Gasteiger partial charge in [-0.15, -0.1) is 0 Å². The van der Waals surface area contributed by atoms with Crippen LogP contribution in [-0.2, 0) is 4.74 Å². The van der Waals surface area contributed by atoms with E-state index in [2.05, 4.69) is 15.3 Å². The predicted octanol–water partition coefficient (Wildman–Crippen LogP) is 3.37. The van der Waals surface area contributed by atoms with Crippen LogP contribution in [0.1, 0.15) is 10.5 Å². The number of methoxy groups -OCH3 is 1. The van der Waals surface area contributed by atoms with Crippen molar-refractivity contribution in [3.8, 4) is 17.1 Å². The first-order chi connectivity index (χ1) is 14.2. The summed E-state index contributed by atoms with van der Waals surface area (Å²) < 4.78 is 10.8. The second-order valence-electron chi connectivity index (χ2n) is 6.56. The highest BCUT2D eigenvalue weighted by Crippen LogP contribution is 2.28. The standard InChI is InChI=1S/C22H22N4O3/c1-28-19-10-6-5-9-17(19)23-20-15-18(22(27)26-11-13-29-14-12-26)24-21(25-20)16-7-3-2-4-8-16/h2-10,15H,11-14H2,1H3,(H,23,24,25). The number of aromatic nitrogens is 2. The molecule has 148 valence electrons. The van der Waals surface area contributed by atoms with Gasteiger partial charge in [0.1, 0.15) is 17.3 Å². The van der Waals surface area contributed by atoms with Crippen molar-refractivity contribution < 1.29 is 14.3 Å². The lowest BCUT2D eigenvalue weighted by Crippen LogP contribution is -2.41. The molecule has 2 aromatic carbocycles. The highest BCUT2D eigenvalue weighted by atomic mass is 16.5. The van der Waals surface area contributed by atoms with Gasteiger partial charge in [-0.2, -0.15) is 0 Å². The van der Waals surface area contributed by atoms with E-state index in [1.54, 1.807) is 18.1 Å². The van der Waals surface area contributed by atoms with E-state index in [9.17, 15) is 4.79 Å². The summed E-state index contributed by atoms with van der Waals surface area (Å²) in [5.41, 5.74) is 1.95. The van der Waals surface area contributed by atoms with Gasteiger partial charge >= 0.3 is 0 Å². The molecule has 1 aliphatic heterocycles. The number of hydrogen-bond donors (Lipinski definition) is 1. The van der Waals surface area contributed by atoms with Gasteiger partial charge in [0, 0.05) is 24.7 Å². The molecule has 1 saturated heterocycles. The zero-order valence-corrected chi connectivity index (χ0v) is 16.2. The normalized spacial score (nSPS) is 13.8. The van der Waals surface area contributed by atoms with Crippen LogP contribution in [0.4, 0.5) is 11.5 Å². The molecule has 1 N–H and O–H groups in total. The molecule has 1 fully saturated rings. The van der Waals surface area contributed by atoms with Crippen molar-refractivity contribution >= 4 is 17.4 Å². The average Bonchev–Trinajstić information content (AvgIpc) is 2.80. The summed E-state index contributed by atoms with van der Waals surface area (Å²) in [5, 5.41) is 3.26. The summed E-state index contributed by atoms with van der Waals surface area (Å²) in [7, 11) is 1.61. The Hall–Kier alpha value is -3.45. The quantitative estimate of drug-likeness (QED) is 0.720. The molecule has 3 aromatic rings. The maximum Gasteiger partial charge on any atom is 0.272 e. The molecular weight excluding hydrogens is 368 g/mol. The monoisotopic (exact) mass is 390 g/mol. The van der Waals surface area contributed by atoms with Gasteiger partial charge < -0.3 is 19.7 Å². The molecule has 1 amide bonds. The fraction of sp³-hybridized carbons (Fsp3) is 0.227. The minimum absolute atomic E-state index is 0.129. The highest BCUT2D eigenvalue weighted by Gasteiger charge is 2.21. The number of nitrogens with zero attached hydrogens (tertiary/aromatic N) is 3. The van der Waals surface area contributed by atoms with Crippen LogP contribution in [0.15, 0.2) is 60.7 Å². The minimum Gasteiger partial charge on any atom is -0.495 e. The maximum absolute atomic E-state index is 13.0. The molecule has 0 spiro atoms. The minimum atomic E-state index is -0.129. The van der Waals surface area contributed by atoms with Crippen molar-refractivity contribution in [2.45, 2.75) is 0 Å². The van der Waals surface area contributed by atoms with Crippen LogP contribution in [0.5, 0.6) is 5.75 Å². The summed E-state index contributed by atoms with van der Waals surface area (Å²) >= 11 is 0. The van der Waals surface area contributed by atoms with Gasteiger partial charge in [-0.05, 0) is 12.1 Å². The molecule has 1 aromatic heterocycles. The summed E-state index contributed by atoms with van der Waals surface area (Å²) in [5.74, 6) is 1.58. The smallest absolute Gasteiger partial charge is 0.272 e. The number of hydrogen-bond acceptors (Lipinski definition) is 6. The number of rotatable bonds is 5. The fourth-order valence-corrected chi connectivity index (χ4v) is 3.15. The van der Waals surface area contributed by atoms with E-state index in [0.29, 0.717) is 49.4 Å². The molecule has 1 aliphatic rings. The van der Waals surface area contributed by atoms with Gasteiger partial charge in [0.2, 0.25) is 0 Å². The highest BCUT2D eigenvalue weighted by molar-refractivity contribution is 5.93. The molecule has 0 radical (unpaired) electrons. The number of nitrogens with one attached hydrogen (secondary N) is 1. The van der Waals surface area contributed by atoms with Crippen LogP contribution in [0.25, 0.3) is 11.4 Å². The van der Waals surface area contributed by atoms with Crippen LogP contribution >= 0.6 is 0 Å². The summed E-state index contributed by atoms with van der Waals surface area (Å²) in [6.45, 7) is 2.18. The lowest BCUT2D eigenvalue weighted by atomic mass is 10.2. The van der Waals surface area contributed by atoms with Crippen molar-refractivity contribution in [1.29, 1.82) is 0 Å². The van der Waals surface area contributed by atoms with E-state index >= 15 is 0 Å². The van der Waals surface area contributed by atoms with Crippen LogP contribution in [0.3, 0.4) is 0 Å². The van der Waals surface area contributed by atoms with Crippen molar-refractivity contribution in [3.05, 3.63) is 66.4 Å². The summed E-state index contributed by atoms with van der Waals surface area (Å²) in [4.78, 5) is 24.0. The van der Waals surface area contributed by atoms with Gasteiger partial charge in [-0.25, -0.2) is 9.97 Å². The van der Waals surface area contributed by atoms with Crippen molar-refractivity contribution in [3.63, 3.8) is 0 Å². The van der Waals surface area contributed by atoms with Crippen molar-refractivity contribution in [2.75, 3.05) is 38.7 Å². The lowest BCUT2D eigenvalue weighted by molar-refractivity contribution is 0.0299. The molecule has 0 aliphatic carbocycles. The SMILES string of the molecule is COc1ccccc1Nc1cc(C(=O)N2CCOCC2)nc(-c2ccccc2)n1. The Morgan fingerprint density at radius 3 is 2.52 bits per heavy atom. The first kappa shape index (κ1) is 18.9. The molecule has 4 rings (SSSR count). The van der Waals surface area contributed by atoms with Crippen LogP contribution in [0, 0.1) is 0 Å². The van der Waals surface area contributed by atoms with Crippen molar-refractivity contribution in [2.24, 2.45) is 0 Å². The van der Waals surface area contributed by atoms with Crippen molar-refractivity contribution in [1.82, 2.24) is 14.9 Å². The van der Waals surface area contributed by atoms with Gasteiger partial charge in [-0.1, -0.05) is 42.5 Å². The van der Waals surface area contributed by atoms with E-state index in [-0.39, 0.29) is 5.91 Å². The Balaban J connectivity index is 1.73. The second kappa shape index (κ2) is 8.70. The van der Waals surface area contributed by atoms with Gasteiger partial charge in [0.15, 0.2) is 5.82 Å². The first-order valence-electron chi connectivity index (χ1n) is 9.46. The maximum atomic E-state index is 13.0. The van der Waals surface area contributed by atoms with Gasteiger partial charge in [-0.3, -0.25) is 4.79 Å². The topological polar surface area (TPSA) is 76.6 Å². The number of para-hydroxylation sites is 2. The van der Waals surface area contributed by atoms with E-state index in [1.807, 2.05) is 54.6 Å². The molecular formula is C22H22N4O3. The molecule has 0 atom stereocenters. The summed E-state index contributed by atoms with van der Waals surface area (Å²) in [6, 6.07) is 18.9. The predicted molar refractivity (Wildman–Crippen MR) is 110 cm³/mol. The Labute approximate surface area is 169 Å². The molecule has 7 nitrogen and oxygen atoms in total. The third-order valence-corrected chi connectivity index (χ3v) is 4.65. The van der Waals surface area contributed by atoms with E-state index < -0.39 is 0 Å². The number of carbonyl (C=O) groups excluding carboxylic acids is 1. The van der Waals surface area contributed by atoms with Crippen LogP contribution < -0.4 is 10.1 Å². The van der Waals surface area contributed by atoms with E-state index in [4.69, 9.17) is 9.47 Å². The largest absolute Gasteiger partial charge is 0.495 e. The lowest BCUT2D eigenvalue weighted by Gasteiger charge is -2.26. The Morgan fingerprint density at radius 2 is 1.76 bits per heavy atom.